The minimum Gasteiger partial charge on any atom is -0.330 e. The van der Waals surface area contributed by atoms with Crippen molar-refractivity contribution in [1.29, 1.82) is 0 Å². The molecule has 0 bridgehead atoms. The summed E-state index contributed by atoms with van der Waals surface area (Å²) in [5.74, 6) is 0.804. The Morgan fingerprint density at radius 2 is 1.12 bits per heavy atom. The zero-order valence-corrected chi connectivity index (χ0v) is 17.8. The number of hydrogen-bond acceptors (Lipinski definition) is 2. The summed E-state index contributed by atoms with van der Waals surface area (Å²) in [5, 5.41) is 0. The maximum absolute atomic E-state index is 5.75. The monoisotopic (exact) mass is 382 g/mol. The summed E-state index contributed by atoms with van der Waals surface area (Å²) in [6, 6.07) is 0. The Hall–Kier alpha value is 0.500. The largest absolute Gasteiger partial charge is 0.330 e. The van der Waals surface area contributed by atoms with Crippen molar-refractivity contribution in [2.45, 2.75) is 96.8 Å². The average molecular weight is 383 g/mol. The second kappa shape index (κ2) is 19.8. The van der Waals surface area contributed by atoms with E-state index in [1.807, 2.05) is 0 Å². The number of rotatable bonds is 14. The molecule has 1 aliphatic heterocycles. The van der Waals surface area contributed by atoms with E-state index in [2.05, 4.69) is 11.8 Å². The maximum atomic E-state index is 5.75. The fourth-order valence-corrected chi connectivity index (χ4v) is 3.62. The lowest BCUT2D eigenvalue weighted by atomic mass is 9.97. The number of hydrogen-bond donors (Lipinski definition) is 1. The van der Waals surface area contributed by atoms with Gasteiger partial charge in [-0.15, -0.1) is 24.8 Å². The topological polar surface area (TPSA) is 29.3 Å². The molecule has 0 aromatic rings. The molecule has 1 rings (SSSR count). The van der Waals surface area contributed by atoms with Crippen LogP contribution in [0.4, 0.5) is 0 Å². The van der Waals surface area contributed by atoms with Crippen LogP contribution in [0.25, 0.3) is 0 Å². The Morgan fingerprint density at radius 3 is 1.54 bits per heavy atom. The lowest BCUT2D eigenvalue weighted by molar-refractivity contribution is 0.184. The predicted octanol–water partition coefficient (Wildman–Crippen LogP) is 6.20. The van der Waals surface area contributed by atoms with E-state index in [9.17, 15) is 0 Å². The van der Waals surface area contributed by atoms with Crippen molar-refractivity contribution < 1.29 is 0 Å². The van der Waals surface area contributed by atoms with Gasteiger partial charge in [0.2, 0.25) is 0 Å². The average Bonchev–Trinajstić information content (AvgIpc) is 2.56. The molecule has 148 valence electrons. The first kappa shape index (κ1) is 26.7. The van der Waals surface area contributed by atoms with Gasteiger partial charge in [0.15, 0.2) is 0 Å². The number of piperidine rings is 1. The first-order valence-electron chi connectivity index (χ1n) is 10.3. The summed E-state index contributed by atoms with van der Waals surface area (Å²) in [6.07, 6.45) is 20.0. The standard InChI is InChI=1S/C20H42N2.2ClH/c1-2-3-4-5-6-7-8-9-10-11-12-13-16-22-17-14-20(19-21)15-18-22;;/h20H,2-19,21H2,1H3;2*1H. The van der Waals surface area contributed by atoms with E-state index in [0.29, 0.717) is 0 Å². The molecular formula is C20H44Cl2N2. The molecule has 0 aromatic heterocycles. The Morgan fingerprint density at radius 1 is 0.708 bits per heavy atom. The summed E-state index contributed by atoms with van der Waals surface area (Å²) in [5.41, 5.74) is 5.75. The van der Waals surface area contributed by atoms with Gasteiger partial charge in [-0.25, -0.2) is 0 Å². The second-order valence-electron chi connectivity index (χ2n) is 7.41. The minimum atomic E-state index is 0. The zero-order valence-electron chi connectivity index (χ0n) is 16.1. The highest BCUT2D eigenvalue weighted by Crippen LogP contribution is 2.17. The van der Waals surface area contributed by atoms with E-state index in [0.717, 1.165) is 12.5 Å². The van der Waals surface area contributed by atoms with Gasteiger partial charge in [0.05, 0.1) is 0 Å². The van der Waals surface area contributed by atoms with E-state index >= 15 is 0 Å². The molecule has 1 fully saturated rings. The minimum absolute atomic E-state index is 0. The summed E-state index contributed by atoms with van der Waals surface area (Å²) in [4.78, 5) is 2.66. The fraction of sp³-hybridized carbons (Fsp3) is 1.00. The first-order chi connectivity index (χ1) is 10.9. The summed E-state index contributed by atoms with van der Waals surface area (Å²) in [7, 11) is 0. The van der Waals surface area contributed by atoms with Crippen LogP contribution in [-0.4, -0.2) is 31.1 Å². The number of halogens is 2. The SMILES string of the molecule is CCCCCCCCCCCCCCN1CCC(CN)CC1.Cl.Cl. The van der Waals surface area contributed by atoms with Crippen molar-refractivity contribution in [1.82, 2.24) is 4.90 Å². The molecule has 0 unspecified atom stereocenters. The molecular weight excluding hydrogens is 339 g/mol. The van der Waals surface area contributed by atoms with Crippen LogP contribution in [-0.2, 0) is 0 Å². The quantitative estimate of drug-likeness (QED) is 0.362. The molecule has 0 saturated carbocycles. The summed E-state index contributed by atoms with van der Waals surface area (Å²) in [6.45, 7) is 7.10. The molecule has 0 spiro atoms. The lowest BCUT2D eigenvalue weighted by Gasteiger charge is -2.31. The van der Waals surface area contributed by atoms with E-state index in [1.54, 1.807) is 0 Å². The van der Waals surface area contributed by atoms with Gasteiger partial charge in [-0.2, -0.15) is 0 Å². The molecule has 0 atom stereocenters. The third-order valence-electron chi connectivity index (χ3n) is 5.37. The molecule has 0 aromatic carbocycles. The molecule has 0 radical (unpaired) electrons. The third-order valence-corrected chi connectivity index (χ3v) is 5.37. The Balaban J connectivity index is 0. The van der Waals surface area contributed by atoms with Crippen molar-refractivity contribution in [3.05, 3.63) is 0 Å². The van der Waals surface area contributed by atoms with Crippen LogP contribution < -0.4 is 5.73 Å². The van der Waals surface area contributed by atoms with Gasteiger partial charge in [0, 0.05) is 0 Å². The fourth-order valence-electron chi connectivity index (χ4n) is 3.62. The summed E-state index contributed by atoms with van der Waals surface area (Å²) < 4.78 is 0. The third kappa shape index (κ3) is 14.8. The molecule has 0 aliphatic carbocycles. The number of likely N-dealkylation sites (tertiary alicyclic amines) is 1. The van der Waals surface area contributed by atoms with Crippen LogP contribution in [0.3, 0.4) is 0 Å². The predicted molar refractivity (Wildman–Crippen MR) is 114 cm³/mol. The zero-order chi connectivity index (χ0) is 15.9. The van der Waals surface area contributed by atoms with Crippen LogP contribution in [0.1, 0.15) is 96.8 Å². The Bertz CT molecular complexity index is 232. The van der Waals surface area contributed by atoms with Gasteiger partial charge in [-0.05, 0) is 51.4 Å². The molecule has 24 heavy (non-hydrogen) atoms. The van der Waals surface area contributed by atoms with Crippen LogP contribution in [0.5, 0.6) is 0 Å². The second-order valence-corrected chi connectivity index (χ2v) is 7.41. The van der Waals surface area contributed by atoms with E-state index in [4.69, 9.17) is 5.73 Å². The van der Waals surface area contributed by atoms with Gasteiger partial charge in [-0.1, -0.05) is 77.6 Å². The normalized spacial score (nSPS) is 15.8. The van der Waals surface area contributed by atoms with Crippen LogP contribution in [0.2, 0.25) is 0 Å². The van der Waals surface area contributed by atoms with Gasteiger partial charge >= 0.3 is 0 Å². The van der Waals surface area contributed by atoms with Gasteiger partial charge in [0.1, 0.15) is 0 Å². The number of nitrogens with zero attached hydrogens (tertiary/aromatic N) is 1. The summed E-state index contributed by atoms with van der Waals surface area (Å²) >= 11 is 0. The van der Waals surface area contributed by atoms with Crippen molar-refractivity contribution in [2.24, 2.45) is 11.7 Å². The molecule has 4 heteroatoms. The Labute approximate surface area is 164 Å². The van der Waals surface area contributed by atoms with Crippen molar-refractivity contribution in [3.63, 3.8) is 0 Å². The number of nitrogens with two attached hydrogens (primary N) is 1. The van der Waals surface area contributed by atoms with Crippen LogP contribution >= 0.6 is 24.8 Å². The molecule has 1 aliphatic rings. The van der Waals surface area contributed by atoms with Crippen LogP contribution in [0, 0.1) is 5.92 Å². The Kier molecular flexibility index (Phi) is 22.1. The number of unbranched alkanes of at least 4 members (excludes halogenated alkanes) is 11. The van der Waals surface area contributed by atoms with Gasteiger partial charge < -0.3 is 10.6 Å². The highest BCUT2D eigenvalue weighted by atomic mass is 35.5. The van der Waals surface area contributed by atoms with Gasteiger partial charge in [0.25, 0.3) is 0 Å². The maximum Gasteiger partial charge on any atom is -0.00156 e. The van der Waals surface area contributed by atoms with E-state index < -0.39 is 0 Å². The van der Waals surface area contributed by atoms with Crippen molar-refractivity contribution in [3.8, 4) is 0 Å². The van der Waals surface area contributed by atoms with Crippen molar-refractivity contribution in [2.75, 3.05) is 26.2 Å². The lowest BCUT2D eigenvalue weighted by Crippen LogP contribution is -2.36. The van der Waals surface area contributed by atoms with Crippen LogP contribution in [0.15, 0.2) is 0 Å². The molecule has 0 amide bonds. The van der Waals surface area contributed by atoms with Gasteiger partial charge in [-0.3, -0.25) is 0 Å². The highest BCUT2D eigenvalue weighted by molar-refractivity contribution is 5.85. The van der Waals surface area contributed by atoms with E-state index in [1.165, 1.54) is 110 Å². The first-order valence-corrected chi connectivity index (χ1v) is 10.3. The molecule has 2 N–H and O–H groups in total. The molecule has 1 heterocycles. The molecule has 2 nitrogen and oxygen atoms in total. The van der Waals surface area contributed by atoms with E-state index in [-0.39, 0.29) is 24.8 Å². The van der Waals surface area contributed by atoms with Crippen molar-refractivity contribution >= 4 is 24.8 Å². The highest BCUT2D eigenvalue weighted by Gasteiger charge is 2.16. The smallest absolute Gasteiger partial charge is 0.00156 e. The molecule has 1 saturated heterocycles.